The molecule has 5 nitrogen and oxygen atoms in total. The molecule has 0 unspecified atom stereocenters. The summed E-state index contributed by atoms with van der Waals surface area (Å²) in [6.45, 7) is 1.94. The fraction of sp³-hybridized carbons (Fsp3) is 0.241. The Morgan fingerprint density at radius 1 is 0.829 bits per heavy atom. The van der Waals surface area contributed by atoms with E-state index in [0.29, 0.717) is 26.2 Å². The summed E-state index contributed by atoms with van der Waals surface area (Å²) < 4.78 is 8.29. The molecule has 0 bridgehead atoms. The van der Waals surface area contributed by atoms with Crippen molar-refractivity contribution in [2.75, 3.05) is 13.6 Å². The molecule has 0 aliphatic rings. The van der Waals surface area contributed by atoms with Crippen molar-refractivity contribution in [1.82, 2.24) is 19.9 Å². The first-order valence-electron chi connectivity index (χ1n) is 12.5. The van der Waals surface area contributed by atoms with Crippen LogP contribution in [0.1, 0.15) is 29.5 Å². The maximum absolute atomic E-state index is 14.1. The minimum absolute atomic E-state index is 0.0252. The average molecular weight is 486 g/mol. The molecule has 1 heterocycles. The van der Waals surface area contributed by atoms with Crippen LogP contribution in [-0.2, 0) is 26.1 Å². The van der Waals surface area contributed by atoms with E-state index < -0.39 is 0 Å². The van der Waals surface area contributed by atoms with Crippen molar-refractivity contribution in [3.63, 3.8) is 0 Å². The molecule has 4 aromatic rings. The number of carbonyl (C=O) groups is 1. The van der Waals surface area contributed by atoms with E-state index in [1.165, 1.54) is 5.56 Å². The van der Waals surface area contributed by atoms with Gasteiger partial charge in [0.2, 0.25) is 0 Å². The van der Waals surface area contributed by atoms with Crippen LogP contribution in [0.2, 0.25) is 0 Å². The van der Waals surface area contributed by atoms with E-state index in [9.17, 15) is 4.79 Å². The molecule has 0 N–H and O–H groups in total. The molecule has 35 heavy (non-hydrogen) atoms. The number of carbonyl (C=O) groups excluding carboxylic acids is 1. The molecule has 0 atom stereocenters. The number of rotatable bonds is 11. The standard InChI is InChI=1S/C29H32N4OS/c1-31(22-26-14-7-3-8-15-26)33(23-27-16-9-4-10-17-27)29(34)32(24-28-30-19-21-35-28)20-11-18-25-12-5-2-6-13-25/h2-10,12-17,19,21H,11,18,20,22-24H2,1H3/i1D. The Hall–Kier alpha value is -3.48. The van der Waals surface area contributed by atoms with Gasteiger partial charge in [-0.3, -0.25) is 5.01 Å². The van der Waals surface area contributed by atoms with Crippen LogP contribution in [-0.4, -0.2) is 39.5 Å². The minimum atomic E-state index is -0.106. The second-order valence-electron chi connectivity index (χ2n) is 8.41. The molecule has 0 aliphatic carbocycles. The van der Waals surface area contributed by atoms with Crippen molar-refractivity contribution in [2.24, 2.45) is 0 Å². The first-order valence-corrected chi connectivity index (χ1v) is 12.7. The van der Waals surface area contributed by atoms with Crippen molar-refractivity contribution in [3.8, 4) is 0 Å². The fourth-order valence-electron chi connectivity index (χ4n) is 3.94. The van der Waals surface area contributed by atoms with Crippen LogP contribution in [0.5, 0.6) is 0 Å². The molecular weight excluding hydrogens is 452 g/mol. The smallest absolute Gasteiger partial charge is 0.317 e. The van der Waals surface area contributed by atoms with Gasteiger partial charge in [-0.05, 0) is 29.5 Å². The molecule has 6 heteroatoms. The summed E-state index contributed by atoms with van der Waals surface area (Å²) >= 11 is 1.56. The molecule has 180 valence electrons. The number of urea groups is 1. The zero-order chi connectivity index (χ0) is 25.0. The van der Waals surface area contributed by atoms with Gasteiger partial charge in [0.15, 0.2) is 0 Å². The fourth-order valence-corrected chi connectivity index (χ4v) is 4.57. The molecule has 1 aromatic heterocycles. The predicted octanol–water partition coefficient (Wildman–Crippen LogP) is 6.25. The normalized spacial score (nSPS) is 11.3. The molecule has 2 amide bonds. The van der Waals surface area contributed by atoms with E-state index in [1.54, 1.807) is 22.5 Å². The minimum Gasteiger partial charge on any atom is -0.317 e. The van der Waals surface area contributed by atoms with Crippen molar-refractivity contribution in [3.05, 3.63) is 124 Å². The van der Waals surface area contributed by atoms with Gasteiger partial charge in [-0.1, -0.05) is 91.0 Å². The van der Waals surface area contributed by atoms with Gasteiger partial charge in [0.25, 0.3) is 0 Å². The highest BCUT2D eigenvalue weighted by molar-refractivity contribution is 7.09. The maximum atomic E-state index is 14.1. The van der Waals surface area contributed by atoms with Crippen LogP contribution in [0.3, 0.4) is 0 Å². The summed E-state index contributed by atoms with van der Waals surface area (Å²) in [4.78, 5) is 20.4. The van der Waals surface area contributed by atoms with E-state index in [0.717, 1.165) is 29.0 Å². The largest absolute Gasteiger partial charge is 0.335 e. The van der Waals surface area contributed by atoms with Gasteiger partial charge < -0.3 is 4.90 Å². The Labute approximate surface area is 213 Å². The summed E-state index contributed by atoms with van der Waals surface area (Å²) in [7, 11) is -0.0252. The highest BCUT2D eigenvalue weighted by atomic mass is 32.1. The number of nitrogens with zero attached hydrogens (tertiary/aromatic N) is 4. The van der Waals surface area contributed by atoms with Crippen molar-refractivity contribution < 1.29 is 6.17 Å². The number of amides is 2. The van der Waals surface area contributed by atoms with Gasteiger partial charge in [0, 0.05) is 33.1 Å². The molecule has 0 fully saturated rings. The van der Waals surface area contributed by atoms with E-state index in [4.69, 9.17) is 1.37 Å². The highest BCUT2D eigenvalue weighted by Crippen LogP contribution is 2.17. The Bertz CT molecular complexity index is 1160. The first-order chi connectivity index (χ1) is 17.7. The molecule has 0 saturated heterocycles. The number of hydrazine groups is 1. The third kappa shape index (κ3) is 7.50. The van der Waals surface area contributed by atoms with Gasteiger partial charge in [-0.2, -0.15) is 0 Å². The zero-order valence-electron chi connectivity index (χ0n) is 20.9. The third-order valence-electron chi connectivity index (χ3n) is 5.76. The number of aromatic nitrogens is 1. The second-order valence-corrected chi connectivity index (χ2v) is 9.39. The van der Waals surface area contributed by atoms with Gasteiger partial charge in [0.05, 0.1) is 13.1 Å². The third-order valence-corrected chi connectivity index (χ3v) is 6.53. The van der Waals surface area contributed by atoms with E-state index >= 15 is 0 Å². The Kier molecular flexibility index (Phi) is 8.53. The topological polar surface area (TPSA) is 39.7 Å². The summed E-state index contributed by atoms with van der Waals surface area (Å²) in [6, 6.07) is 30.2. The van der Waals surface area contributed by atoms with Crippen LogP contribution in [0.25, 0.3) is 0 Å². The van der Waals surface area contributed by atoms with E-state index in [-0.39, 0.29) is 13.1 Å². The molecule has 0 radical (unpaired) electrons. The second kappa shape index (κ2) is 12.8. The van der Waals surface area contributed by atoms with Gasteiger partial charge in [0.1, 0.15) is 5.01 Å². The molecule has 4 rings (SSSR count). The molecular formula is C29H32N4OS. The maximum Gasteiger partial charge on any atom is 0.335 e. The quantitative estimate of drug-likeness (QED) is 0.236. The monoisotopic (exact) mass is 485 g/mol. The van der Waals surface area contributed by atoms with E-state index in [2.05, 4.69) is 17.1 Å². The van der Waals surface area contributed by atoms with Crippen molar-refractivity contribution in [2.45, 2.75) is 32.5 Å². The number of hydrogen-bond acceptors (Lipinski definition) is 4. The molecule has 3 aromatic carbocycles. The van der Waals surface area contributed by atoms with Gasteiger partial charge in [-0.25, -0.2) is 14.8 Å². The molecule has 0 spiro atoms. The number of hydrogen-bond donors (Lipinski definition) is 0. The lowest BCUT2D eigenvalue weighted by atomic mass is 10.1. The lowest BCUT2D eigenvalue weighted by Gasteiger charge is -2.36. The highest BCUT2D eigenvalue weighted by Gasteiger charge is 2.25. The van der Waals surface area contributed by atoms with Crippen molar-refractivity contribution >= 4 is 17.4 Å². The van der Waals surface area contributed by atoms with Gasteiger partial charge in [-0.15, -0.1) is 11.3 Å². The van der Waals surface area contributed by atoms with Crippen LogP contribution < -0.4 is 0 Å². The SMILES string of the molecule is [2H]CN(Cc1ccccc1)N(Cc1ccccc1)C(=O)N(CCCc1ccccc1)Cc1nccs1. The number of thiazole rings is 1. The summed E-state index contributed by atoms with van der Waals surface area (Å²) in [6.07, 6.45) is 3.52. The summed E-state index contributed by atoms with van der Waals surface area (Å²) in [5.74, 6) is 0. The molecule has 0 saturated carbocycles. The zero-order valence-corrected chi connectivity index (χ0v) is 20.7. The van der Waals surface area contributed by atoms with Crippen LogP contribution in [0, 0.1) is 0 Å². The molecule has 0 aliphatic heterocycles. The first kappa shape index (κ1) is 23.3. The van der Waals surface area contributed by atoms with Crippen LogP contribution >= 0.6 is 11.3 Å². The Morgan fingerprint density at radius 3 is 2.00 bits per heavy atom. The van der Waals surface area contributed by atoms with Crippen molar-refractivity contribution in [1.29, 1.82) is 0 Å². The number of benzene rings is 3. The summed E-state index contributed by atoms with van der Waals surface area (Å²) in [5.41, 5.74) is 3.35. The van der Waals surface area contributed by atoms with Gasteiger partial charge >= 0.3 is 6.03 Å². The van der Waals surface area contributed by atoms with Crippen LogP contribution in [0.4, 0.5) is 4.79 Å². The Morgan fingerprint density at radius 2 is 1.43 bits per heavy atom. The summed E-state index contributed by atoms with van der Waals surface area (Å²) in [5, 5.41) is 6.39. The Balaban J connectivity index is 1.56. The van der Waals surface area contributed by atoms with E-state index in [1.807, 2.05) is 94.2 Å². The number of aryl methyl sites for hydroxylation is 1. The van der Waals surface area contributed by atoms with Crippen LogP contribution in [0.15, 0.2) is 103 Å². The predicted molar refractivity (Wildman–Crippen MR) is 143 cm³/mol. The lowest BCUT2D eigenvalue weighted by Crippen LogP contribution is -2.50. The lowest BCUT2D eigenvalue weighted by molar-refractivity contribution is 0.00495. The average Bonchev–Trinajstić information content (AvgIpc) is 3.45.